The zero-order valence-corrected chi connectivity index (χ0v) is 17.6. The number of carbonyl (C=O) groups is 2. The molecule has 2 aromatic rings. The van der Waals surface area contributed by atoms with Crippen LogP contribution in [0.4, 0.5) is 4.39 Å². The van der Waals surface area contributed by atoms with Crippen molar-refractivity contribution < 1.29 is 14.0 Å². The lowest BCUT2D eigenvalue weighted by Gasteiger charge is -2.21. The number of ketones is 2. The van der Waals surface area contributed by atoms with Crippen molar-refractivity contribution in [1.82, 2.24) is 0 Å². The summed E-state index contributed by atoms with van der Waals surface area (Å²) in [6.07, 6.45) is 3.88. The van der Waals surface area contributed by atoms with Gasteiger partial charge in [0.15, 0.2) is 17.4 Å². The summed E-state index contributed by atoms with van der Waals surface area (Å²) in [5, 5.41) is -0.0831. The third kappa shape index (κ3) is 2.74. The number of halogens is 3. The maximum Gasteiger partial charge on any atom is 0.160 e. The minimum Gasteiger partial charge on any atom is -0.298 e. The van der Waals surface area contributed by atoms with Crippen molar-refractivity contribution in [3.63, 3.8) is 0 Å². The number of hydrogen-bond acceptors (Lipinski definition) is 2. The average molecular weight is 431 g/mol. The number of fused-ring (bicyclic) bond motifs is 5. The Balaban J connectivity index is 1.61. The van der Waals surface area contributed by atoms with Gasteiger partial charge >= 0.3 is 0 Å². The summed E-state index contributed by atoms with van der Waals surface area (Å²) in [6.45, 7) is 2.02. The normalized spacial score (nSPS) is 30.3. The van der Waals surface area contributed by atoms with E-state index in [-0.39, 0.29) is 33.4 Å². The monoisotopic (exact) mass is 430 g/mol. The fraction of sp³-hybridized carbons (Fsp3) is 0.417. The fourth-order valence-corrected chi connectivity index (χ4v) is 6.52. The van der Waals surface area contributed by atoms with Gasteiger partial charge in [0.25, 0.3) is 0 Å². The molecule has 3 aliphatic rings. The second-order valence-corrected chi connectivity index (χ2v) is 9.40. The topological polar surface area (TPSA) is 34.1 Å². The van der Waals surface area contributed by atoms with Crippen LogP contribution in [0, 0.1) is 29.5 Å². The Hall–Kier alpha value is -1.71. The lowest BCUT2D eigenvalue weighted by atomic mass is 9.81. The van der Waals surface area contributed by atoms with Crippen LogP contribution in [0.5, 0.6) is 0 Å². The first kappa shape index (κ1) is 19.3. The van der Waals surface area contributed by atoms with Gasteiger partial charge in [0.05, 0.1) is 10.0 Å². The van der Waals surface area contributed by atoms with E-state index in [2.05, 4.69) is 0 Å². The number of hydrogen-bond donors (Lipinski definition) is 0. The predicted octanol–water partition coefficient (Wildman–Crippen LogP) is 6.26. The average Bonchev–Trinajstić information content (AvgIpc) is 3.40. The lowest BCUT2D eigenvalue weighted by molar-refractivity contribution is -0.125. The van der Waals surface area contributed by atoms with E-state index in [9.17, 15) is 14.0 Å². The molecular weight excluding hydrogens is 410 g/mol. The third-order valence-electron chi connectivity index (χ3n) is 7.33. The van der Waals surface area contributed by atoms with Crippen LogP contribution in [0.3, 0.4) is 0 Å². The SMILES string of the molecule is CCc1ccc(-c2ccc(Cl)c(F)c2Cl)cc1C1C(=O)C2C3CCC(C3)C2C1=O. The van der Waals surface area contributed by atoms with Crippen LogP contribution in [-0.2, 0) is 16.0 Å². The van der Waals surface area contributed by atoms with E-state index in [1.54, 1.807) is 6.07 Å². The van der Waals surface area contributed by atoms with Gasteiger partial charge in [-0.25, -0.2) is 4.39 Å². The highest BCUT2D eigenvalue weighted by atomic mass is 35.5. The van der Waals surface area contributed by atoms with Crippen molar-refractivity contribution in [3.05, 3.63) is 57.3 Å². The van der Waals surface area contributed by atoms with Crippen molar-refractivity contribution in [1.29, 1.82) is 0 Å². The Morgan fingerprint density at radius 3 is 2.28 bits per heavy atom. The van der Waals surface area contributed by atoms with Gasteiger partial charge in [0.1, 0.15) is 5.92 Å². The number of rotatable bonds is 3. The van der Waals surface area contributed by atoms with Crippen LogP contribution in [0.25, 0.3) is 11.1 Å². The first-order chi connectivity index (χ1) is 13.9. The first-order valence-corrected chi connectivity index (χ1v) is 11.0. The number of benzene rings is 2. The highest BCUT2D eigenvalue weighted by Crippen LogP contribution is 2.59. The van der Waals surface area contributed by atoms with Gasteiger partial charge in [-0.2, -0.15) is 0 Å². The van der Waals surface area contributed by atoms with Gasteiger partial charge in [-0.3, -0.25) is 9.59 Å². The van der Waals surface area contributed by atoms with Crippen molar-refractivity contribution in [2.45, 2.75) is 38.5 Å². The Labute approximate surface area is 179 Å². The van der Waals surface area contributed by atoms with Crippen molar-refractivity contribution in [2.24, 2.45) is 23.7 Å². The van der Waals surface area contributed by atoms with E-state index in [0.29, 0.717) is 23.0 Å². The summed E-state index contributed by atoms with van der Waals surface area (Å²) >= 11 is 12.0. The van der Waals surface area contributed by atoms with Gasteiger partial charge in [-0.1, -0.05) is 48.3 Å². The zero-order chi connectivity index (χ0) is 20.4. The molecule has 2 bridgehead atoms. The molecule has 0 N–H and O–H groups in total. The molecule has 0 aliphatic heterocycles. The summed E-state index contributed by atoms with van der Waals surface area (Å²) < 4.78 is 14.2. The second kappa shape index (κ2) is 6.92. The van der Waals surface area contributed by atoms with Crippen LogP contribution < -0.4 is 0 Å². The zero-order valence-electron chi connectivity index (χ0n) is 16.1. The van der Waals surface area contributed by atoms with E-state index >= 15 is 0 Å². The van der Waals surface area contributed by atoms with Crippen LogP contribution >= 0.6 is 23.2 Å². The quantitative estimate of drug-likeness (QED) is 0.425. The Morgan fingerprint density at radius 2 is 1.66 bits per heavy atom. The molecule has 0 heterocycles. The van der Waals surface area contributed by atoms with Gasteiger partial charge in [-0.05, 0) is 66.3 Å². The number of Topliss-reactive ketones (excluding diaryl/α,β-unsaturated/α-hetero) is 2. The fourth-order valence-electron chi connectivity index (χ4n) is 6.04. The predicted molar refractivity (Wildman–Crippen MR) is 112 cm³/mol. The Bertz CT molecular complexity index is 1020. The Kier molecular flexibility index (Phi) is 4.60. The first-order valence-electron chi connectivity index (χ1n) is 10.3. The molecule has 2 aromatic carbocycles. The minimum absolute atomic E-state index is 0.0337. The minimum atomic E-state index is -0.695. The van der Waals surface area contributed by atoms with E-state index < -0.39 is 11.7 Å². The van der Waals surface area contributed by atoms with Crippen LogP contribution in [0.1, 0.15) is 43.2 Å². The molecular formula is C24H21Cl2FO2. The molecule has 5 rings (SSSR count). The van der Waals surface area contributed by atoms with Crippen LogP contribution in [0.15, 0.2) is 30.3 Å². The Morgan fingerprint density at radius 1 is 1.00 bits per heavy atom. The molecule has 0 radical (unpaired) electrons. The van der Waals surface area contributed by atoms with Crippen molar-refractivity contribution in [2.75, 3.05) is 0 Å². The van der Waals surface area contributed by atoms with Gasteiger partial charge in [-0.15, -0.1) is 0 Å². The summed E-state index contributed by atoms with van der Waals surface area (Å²) in [6, 6.07) is 8.80. The third-order valence-corrected chi connectivity index (χ3v) is 7.99. The molecule has 2 nitrogen and oxygen atoms in total. The molecule has 29 heavy (non-hydrogen) atoms. The molecule has 0 spiro atoms. The highest BCUT2D eigenvalue weighted by molar-refractivity contribution is 6.36. The van der Waals surface area contributed by atoms with E-state index in [4.69, 9.17) is 23.2 Å². The van der Waals surface area contributed by atoms with E-state index in [0.717, 1.165) is 36.8 Å². The molecule has 5 heteroatoms. The molecule has 3 fully saturated rings. The van der Waals surface area contributed by atoms with Crippen molar-refractivity contribution in [3.8, 4) is 11.1 Å². The van der Waals surface area contributed by atoms with Gasteiger partial charge in [0, 0.05) is 17.4 Å². The molecule has 4 atom stereocenters. The number of aryl methyl sites for hydroxylation is 1. The standard InChI is InChI=1S/C24H21Cl2FO2/c1-2-11-3-4-12(15-7-8-17(25)22(27)21(15)26)10-16(11)20-23(28)18-13-5-6-14(9-13)19(18)24(20)29/h3-4,7-8,10,13-14,18-20H,2,5-6,9H2,1H3. The molecule has 150 valence electrons. The smallest absolute Gasteiger partial charge is 0.160 e. The second-order valence-electron chi connectivity index (χ2n) is 8.61. The summed E-state index contributed by atoms with van der Waals surface area (Å²) in [7, 11) is 0. The maximum absolute atomic E-state index is 14.2. The summed E-state index contributed by atoms with van der Waals surface area (Å²) in [5.74, 6) is -0.628. The molecule has 4 unspecified atom stereocenters. The van der Waals surface area contributed by atoms with Gasteiger partial charge in [0.2, 0.25) is 0 Å². The highest BCUT2D eigenvalue weighted by Gasteiger charge is 2.61. The summed E-state index contributed by atoms with van der Waals surface area (Å²) in [4.78, 5) is 26.7. The molecule has 0 amide bonds. The lowest BCUT2D eigenvalue weighted by Crippen LogP contribution is -2.24. The maximum atomic E-state index is 14.2. The summed E-state index contributed by atoms with van der Waals surface area (Å²) in [5.41, 5.74) is 2.95. The largest absolute Gasteiger partial charge is 0.298 e. The molecule has 0 aromatic heterocycles. The van der Waals surface area contributed by atoms with E-state index in [1.165, 1.54) is 6.07 Å². The van der Waals surface area contributed by atoms with E-state index in [1.807, 2.05) is 25.1 Å². The van der Waals surface area contributed by atoms with Crippen LogP contribution in [0.2, 0.25) is 10.0 Å². The van der Waals surface area contributed by atoms with Crippen LogP contribution in [-0.4, -0.2) is 11.6 Å². The molecule has 3 saturated carbocycles. The van der Waals surface area contributed by atoms with Crippen molar-refractivity contribution >= 4 is 34.8 Å². The van der Waals surface area contributed by atoms with Gasteiger partial charge < -0.3 is 0 Å². The molecule has 3 aliphatic carbocycles. The number of carbonyl (C=O) groups excluding carboxylic acids is 2. The molecule has 0 saturated heterocycles.